The van der Waals surface area contributed by atoms with Crippen molar-refractivity contribution in [2.24, 2.45) is 5.92 Å². The van der Waals surface area contributed by atoms with Crippen LogP contribution in [-0.4, -0.2) is 11.2 Å². The molecule has 18 heavy (non-hydrogen) atoms. The summed E-state index contributed by atoms with van der Waals surface area (Å²) in [6, 6.07) is 10.7. The highest BCUT2D eigenvalue weighted by Crippen LogP contribution is 2.36. The Bertz CT molecular complexity index is 319. The fraction of sp³-hybridized carbons (Fsp3) is 0.647. The summed E-state index contributed by atoms with van der Waals surface area (Å²) >= 11 is 0. The van der Waals surface area contributed by atoms with E-state index in [0.717, 1.165) is 19.3 Å². The zero-order chi connectivity index (χ0) is 13.6. The summed E-state index contributed by atoms with van der Waals surface area (Å²) in [6.07, 6.45) is 3.84. The number of hydrogen-bond donors (Lipinski definition) is 1. The van der Waals surface area contributed by atoms with Gasteiger partial charge in [0.2, 0.25) is 0 Å². The predicted octanol–water partition coefficient (Wildman–Crippen LogP) is 4.54. The van der Waals surface area contributed by atoms with Crippen LogP contribution in [0.4, 0.5) is 0 Å². The van der Waals surface area contributed by atoms with E-state index in [1.54, 1.807) is 0 Å². The third kappa shape index (κ3) is 4.13. The van der Waals surface area contributed by atoms with Gasteiger partial charge in [-0.05, 0) is 36.2 Å². The minimum Gasteiger partial charge on any atom is -0.393 e. The first-order valence-electron chi connectivity index (χ1n) is 7.25. The molecule has 0 saturated heterocycles. The average Bonchev–Trinajstić information content (AvgIpc) is 2.39. The SMILES string of the molecule is CCC(C)CC(C)(CC(O)CC)c1ccccc1. The Labute approximate surface area is 112 Å². The molecule has 0 aliphatic carbocycles. The van der Waals surface area contributed by atoms with Gasteiger partial charge < -0.3 is 5.11 Å². The molecule has 0 spiro atoms. The second-order valence-electron chi connectivity index (χ2n) is 5.91. The average molecular weight is 248 g/mol. The van der Waals surface area contributed by atoms with Crippen LogP contribution >= 0.6 is 0 Å². The Kier molecular flexibility index (Phi) is 5.87. The van der Waals surface area contributed by atoms with Gasteiger partial charge in [0.05, 0.1) is 6.10 Å². The highest BCUT2D eigenvalue weighted by molar-refractivity contribution is 5.24. The molecule has 1 heteroatoms. The molecule has 1 aromatic carbocycles. The van der Waals surface area contributed by atoms with Crippen molar-refractivity contribution < 1.29 is 5.11 Å². The Hall–Kier alpha value is -0.820. The lowest BCUT2D eigenvalue weighted by Crippen LogP contribution is -2.29. The number of aliphatic hydroxyl groups is 1. The van der Waals surface area contributed by atoms with Gasteiger partial charge in [0.15, 0.2) is 0 Å². The highest BCUT2D eigenvalue weighted by Gasteiger charge is 2.30. The highest BCUT2D eigenvalue weighted by atomic mass is 16.3. The molecular formula is C17H28O. The van der Waals surface area contributed by atoms with Crippen LogP contribution in [0, 0.1) is 5.92 Å². The van der Waals surface area contributed by atoms with Gasteiger partial charge in [0, 0.05) is 0 Å². The minimum atomic E-state index is -0.195. The Balaban J connectivity index is 2.93. The normalized spacial score (nSPS) is 18.1. The summed E-state index contributed by atoms with van der Waals surface area (Å²) in [7, 11) is 0. The number of benzene rings is 1. The molecule has 0 aliphatic heterocycles. The van der Waals surface area contributed by atoms with E-state index in [2.05, 4.69) is 58.0 Å². The van der Waals surface area contributed by atoms with Gasteiger partial charge in [-0.3, -0.25) is 0 Å². The molecule has 0 radical (unpaired) electrons. The lowest BCUT2D eigenvalue weighted by molar-refractivity contribution is 0.121. The van der Waals surface area contributed by atoms with E-state index < -0.39 is 0 Å². The summed E-state index contributed by atoms with van der Waals surface area (Å²) < 4.78 is 0. The van der Waals surface area contributed by atoms with E-state index in [-0.39, 0.29) is 11.5 Å². The van der Waals surface area contributed by atoms with Crippen LogP contribution in [0.3, 0.4) is 0 Å². The van der Waals surface area contributed by atoms with Crippen LogP contribution in [0.1, 0.15) is 58.9 Å². The predicted molar refractivity (Wildman–Crippen MR) is 78.8 cm³/mol. The third-order valence-electron chi connectivity index (χ3n) is 4.12. The molecule has 3 unspecified atom stereocenters. The number of rotatable bonds is 7. The van der Waals surface area contributed by atoms with Crippen molar-refractivity contribution in [3.8, 4) is 0 Å². The van der Waals surface area contributed by atoms with E-state index in [0.29, 0.717) is 5.92 Å². The van der Waals surface area contributed by atoms with Crippen LogP contribution in [0.2, 0.25) is 0 Å². The molecule has 0 saturated carbocycles. The van der Waals surface area contributed by atoms with E-state index >= 15 is 0 Å². The standard InChI is InChI=1S/C17H28O/c1-5-14(3)12-17(4,13-16(18)6-2)15-10-8-7-9-11-15/h7-11,14,16,18H,5-6,12-13H2,1-4H3. The smallest absolute Gasteiger partial charge is 0.0546 e. The largest absolute Gasteiger partial charge is 0.393 e. The Morgan fingerprint density at radius 3 is 2.17 bits per heavy atom. The van der Waals surface area contributed by atoms with Crippen molar-refractivity contribution in [3.63, 3.8) is 0 Å². The molecule has 0 amide bonds. The molecular weight excluding hydrogens is 220 g/mol. The molecule has 0 aromatic heterocycles. The summed E-state index contributed by atoms with van der Waals surface area (Å²) in [5, 5.41) is 10.0. The first kappa shape index (κ1) is 15.2. The molecule has 1 nitrogen and oxygen atoms in total. The first-order chi connectivity index (χ1) is 8.51. The second kappa shape index (κ2) is 6.94. The van der Waals surface area contributed by atoms with Gasteiger partial charge >= 0.3 is 0 Å². The van der Waals surface area contributed by atoms with Crippen LogP contribution < -0.4 is 0 Å². The van der Waals surface area contributed by atoms with Crippen molar-refractivity contribution in [2.75, 3.05) is 0 Å². The fourth-order valence-electron chi connectivity index (χ4n) is 2.74. The van der Waals surface area contributed by atoms with Gasteiger partial charge in [-0.25, -0.2) is 0 Å². The van der Waals surface area contributed by atoms with Crippen molar-refractivity contribution in [2.45, 2.75) is 64.9 Å². The number of aliphatic hydroxyl groups excluding tert-OH is 1. The summed E-state index contributed by atoms with van der Waals surface area (Å²) in [4.78, 5) is 0. The molecule has 1 rings (SSSR count). The van der Waals surface area contributed by atoms with Crippen LogP contribution in [0.15, 0.2) is 30.3 Å². The van der Waals surface area contributed by atoms with Gasteiger partial charge in [-0.15, -0.1) is 0 Å². The maximum atomic E-state index is 10.0. The molecule has 0 fully saturated rings. The van der Waals surface area contributed by atoms with Crippen molar-refractivity contribution >= 4 is 0 Å². The van der Waals surface area contributed by atoms with Crippen molar-refractivity contribution in [1.29, 1.82) is 0 Å². The molecule has 3 atom stereocenters. The second-order valence-corrected chi connectivity index (χ2v) is 5.91. The minimum absolute atomic E-state index is 0.0894. The van der Waals surface area contributed by atoms with Gasteiger partial charge in [0.1, 0.15) is 0 Å². The maximum Gasteiger partial charge on any atom is 0.0546 e. The molecule has 0 heterocycles. The van der Waals surface area contributed by atoms with Gasteiger partial charge in [-0.1, -0.05) is 64.4 Å². The topological polar surface area (TPSA) is 20.2 Å². The van der Waals surface area contributed by atoms with E-state index in [1.165, 1.54) is 12.0 Å². The van der Waals surface area contributed by atoms with Gasteiger partial charge in [0.25, 0.3) is 0 Å². The van der Waals surface area contributed by atoms with E-state index in [9.17, 15) is 5.11 Å². The van der Waals surface area contributed by atoms with Crippen molar-refractivity contribution in [1.82, 2.24) is 0 Å². The monoisotopic (exact) mass is 248 g/mol. The molecule has 0 aliphatic rings. The van der Waals surface area contributed by atoms with Crippen LogP contribution in [0.25, 0.3) is 0 Å². The Morgan fingerprint density at radius 2 is 1.67 bits per heavy atom. The maximum absolute atomic E-state index is 10.0. The van der Waals surface area contributed by atoms with E-state index in [1.807, 2.05) is 0 Å². The molecule has 102 valence electrons. The van der Waals surface area contributed by atoms with Crippen LogP contribution in [-0.2, 0) is 5.41 Å². The lowest BCUT2D eigenvalue weighted by atomic mass is 9.71. The van der Waals surface area contributed by atoms with Crippen molar-refractivity contribution in [3.05, 3.63) is 35.9 Å². The molecule has 0 bridgehead atoms. The zero-order valence-electron chi connectivity index (χ0n) is 12.3. The fourth-order valence-corrected chi connectivity index (χ4v) is 2.74. The third-order valence-corrected chi connectivity index (χ3v) is 4.12. The zero-order valence-corrected chi connectivity index (χ0v) is 12.3. The Morgan fingerprint density at radius 1 is 1.06 bits per heavy atom. The summed E-state index contributed by atoms with van der Waals surface area (Å²) in [6.45, 7) is 8.90. The van der Waals surface area contributed by atoms with Crippen LogP contribution in [0.5, 0.6) is 0 Å². The summed E-state index contributed by atoms with van der Waals surface area (Å²) in [5.74, 6) is 0.694. The molecule has 1 N–H and O–H groups in total. The lowest BCUT2D eigenvalue weighted by Gasteiger charge is -2.34. The number of hydrogen-bond acceptors (Lipinski definition) is 1. The summed E-state index contributed by atoms with van der Waals surface area (Å²) in [5.41, 5.74) is 1.45. The molecule has 1 aromatic rings. The first-order valence-corrected chi connectivity index (χ1v) is 7.25. The van der Waals surface area contributed by atoms with E-state index in [4.69, 9.17) is 0 Å². The quantitative estimate of drug-likeness (QED) is 0.751. The van der Waals surface area contributed by atoms with Gasteiger partial charge in [-0.2, -0.15) is 0 Å².